The van der Waals surface area contributed by atoms with Crippen molar-refractivity contribution in [2.45, 2.75) is 53.2 Å². The molecule has 0 aliphatic rings. The highest BCUT2D eigenvalue weighted by molar-refractivity contribution is 6.76. The van der Waals surface area contributed by atoms with Crippen molar-refractivity contribution in [1.82, 2.24) is 14.5 Å². The van der Waals surface area contributed by atoms with E-state index >= 15 is 0 Å². The quantitative estimate of drug-likeness (QED) is 0.285. The zero-order chi connectivity index (χ0) is 21.9. The topological polar surface area (TPSA) is 69.0 Å². The summed E-state index contributed by atoms with van der Waals surface area (Å²) in [5, 5.41) is 3.26. The molecule has 2 aromatic heterocycles. The van der Waals surface area contributed by atoms with E-state index in [1.54, 1.807) is 6.20 Å². The molecule has 0 aliphatic carbocycles. The number of ether oxygens (including phenoxy) is 1. The highest BCUT2D eigenvalue weighted by atomic mass is 28.3. The van der Waals surface area contributed by atoms with Gasteiger partial charge in [0.2, 0.25) is 0 Å². The second-order valence-electron chi connectivity index (χ2n) is 9.86. The third kappa shape index (κ3) is 5.55. The maximum Gasteiger partial charge on any atom is 0.171 e. The van der Waals surface area contributed by atoms with Gasteiger partial charge in [-0.15, -0.1) is 0 Å². The number of nitrogens with one attached hydrogen (secondary N) is 1. The van der Waals surface area contributed by atoms with Crippen LogP contribution in [0.4, 0.5) is 11.5 Å². The Morgan fingerprint density at radius 3 is 2.50 bits per heavy atom. The van der Waals surface area contributed by atoms with Crippen LogP contribution in [0.25, 0.3) is 11.2 Å². The Morgan fingerprint density at radius 2 is 1.87 bits per heavy atom. The van der Waals surface area contributed by atoms with E-state index in [9.17, 15) is 4.79 Å². The molecule has 1 N–H and O–H groups in total. The Balaban J connectivity index is 1.92. The first-order chi connectivity index (χ1) is 14.0. The van der Waals surface area contributed by atoms with Gasteiger partial charge in [0.25, 0.3) is 0 Å². The van der Waals surface area contributed by atoms with E-state index in [1.165, 1.54) is 0 Å². The first-order valence-electron chi connectivity index (χ1n) is 10.4. The molecule has 0 atom stereocenters. The summed E-state index contributed by atoms with van der Waals surface area (Å²) in [6.45, 7) is 13.8. The number of ketones is 1. The van der Waals surface area contributed by atoms with Crippen LogP contribution in [0.15, 0.2) is 42.7 Å². The molecule has 0 radical (unpaired) electrons. The van der Waals surface area contributed by atoms with Gasteiger partial charge in [-0.1, -0.05) is 58.6 Å². The molecule has 7 heteroatoms. The Morgan fingerprint density at radius 1 is 1.17 bits per heavy atom. The highest BCUT2D eigenvalue weighted by Crippen LogP contribution is 2.28. The molecule has 0 fully saturated rings. The average Bonchev–Trinajstić information content (AvgIpc) is 3.02. The van der Waals surface area contributed by atoms with E-state index in [0.717, 1.165) is 11.7 Å². The number of rotatable bonds is 8. The van der Waals surface area contributed by atoms with Crippen molar-refractivity contribution in [3.05, 3.63) is 48.3 Å². The highest BCUT2D eigenvalue weighted by Gasteiger charge is 2.28. The lowest BCUT2D eigenvalue weighted by molar-refractivity contribution is 0.0849. The fraction of sp³-hybridized carbons (Fsp3) is 0.435. The third-order valence-corrected chi connectivity index (χ3v) is 6.47. The lowest BCUT2D eigenvalue weighted by Gasteiger charge is -2.16. The SMILES string of the molecule is CC(C)(C)C(=O)c1cn(COCC[Si](C)(C)C)c2ncc(Nc3ccccc3)nc12. The lowest BCUT2D eigenvalue weighted by atomic mass is 9.87. The van der Waals surface area contributed by atoms with Crippen LogP contribution in [0.3, 0.4) is 0 Å². The molecule has 0 spiro atoms. The van der Waals surface area contributed by atoms with Crippen LogP contribution in [0.1, 0.15) is 31.1 Å². The number of Topliss-reactive ketones (excluding diaryl/α,β-unsaturated/α-hetero) is 1. The minimum absolute atomic E-state index is 0.0412. The number of aromatic nitrogens is 3. The summed E-state index contributed by atoms with van der Waals surface area (Å²) in [5.41, 5.74) is 2.25. The number of hydrogen-bond acceptors (Lipinski definition) is 5. The van der Waals surface area contributed by atoms with Gasteiger partial charge in [0.1, 0.15) is 18.1 Å². The van der Waals surface area contributed by atoms with Crippen LogP contribution in [-0.2, 0) is 11.5 Å². The largest absolute Gasteiger partial charge is 0.361 e. The van der Waals surface area contributed by atoms with Crippen LogP contribution in [-0.4, -0.2) is 35.0 Å². The number of para-hydroxylation sites is 1. The second kappa shape index (κ2) is 8.69. The van der Waals surface area contributed by atoms with Gasteiger partial charge >= 0.3 is 0 Å². The fourth-order valence-corrected chi connectivity index (χ4v) is 3.75. The molecule has 0 unspecified atom stereocenters. The molecular formula is C23H32N4O2Si. The maximum absolute atomic E-state index is 13.1. The number of fused-ring (bicyclic) bond motifs is 1. The van der Waals surface area contributed by atoms with Gasteiger partial charge in [-0.05, 0) is 18.2 Å². The van der Waals surface area contributed by atoms with Crippen molar-refractivity contribution in [1.29, 1.82) is 0 Å². The fourth-order valence-electron chi connectivity index (χ4n) is 2.99. The first kappa shape index (κ1) is 22.2. The summed E-state index contributed by atoms with van der Waals surface area (Å²) < 4.78 is 7.80. The summed E-state index contributed by atoms with van der Waals surface area (Å²) in [6.07, 6.45) is 3.53. The molecule has 30 heavy (non-hydrogen) atoms. The monoisotopic (exact) mass is 424 g/mol. The Kier molecular flexibility index (Phi) is 6.43. The van der Waals surface area contributed by atoms with E-state index < -0.39 is 13.5 Å². The van der Waals surface area contributed by atoms with Crippen molar-refractivity contribution in [2.24, 2.45) is 5.41 Å². The molecule has 0 saturated heterocycles. The Labute approximate surface area is 179 Å². The predicted molar refractivity (Wildman–Crippen MR) is 125 cm³/mol. The number of anilines is 2. The third-order valence-electron chi connectivity index (χ3n) is 4.76. The first-order valence-corrected chi connectivity index (χ1v) is 14.1. The number of carbonyl (C=O) groups is 1. The van der Waals surface area contributed by atoms with Gasteiger partial charge in [0.15, 0.2) is 11.4 Å². The minimum Gasteiger partial charge on any atom is -0.361 e. The van der Waals surface area contributed by atoms with Crippen LogP contribution in [0.2, 0.25) is 25.7 Å². The van der Waals surface area contributed by atoms with Crippen molar-refractivity contribution < 1.29 is 9.53 Å². The van der Waals surface area contributed by atoms with Gasteiger partial charge in [-0.2, -0.15) is 0 Å². The number of hydrogen-bond donors (Lipinski definition) is 1. The zero-order valence-electron chi connectivity index (χ0n) is 18.8. The number of nitrogens with zero attached hydrogens (tertiary/aromatic N) is 3. The van der Waals surface area contributed by atoms with Crippen LogP contribution >= 0.6 is 0 Å². The van der Waals surface area contributed by atoms with E-state index in [1.807, 2.05) is 61.9 Å². The molecule has 1 aromatic carbocycles. The smallest absolute Gasteiger partial charge is 0.171 e. The van der Waals surface area contributed by atoms with E-state index in [2.05, 4.69) is 29.9 Å². The summed E-state index contributed by atoms with van der Waals surface area (Å²) in [6, 6.07) is 10.9. The van der Waals surface area contributed by atoms with Crippen LogP contribution in [0, 0.1) is 5.41 Å². The van der Waals surface area contributed by atoms with Gasteiger partial charge in [0.05, 0.1) is 11.8 Å². The molecule has 0 amide bonds. The Bertz CT molecular complexity index is 1020. The van der Waals surface area contributed by atoms with Gasteiger partial charge in [-0.3, -0.25) is 4.79 Å². The maximum atomic E-state index is 13.1. The van der Waals surface area contributed by atoms with Crippen molar-refractivity contribution >= 4 is 36.5 Å². The van der Waals surface area contributed by atoms with E-state index in [-0.39, 0.29) is 5.78 Å². The molecule has 0 bridgehead atoms. The molecule has 0 aliphatic heterocycles. The molecule has 160 valence electrons. The number of carbonyl (C=O) groups excluding carboxylic acids is 1. The molecule has 3 aromatic rings. The summed E-state index contributed by atoms with van der Waals surface area (Å²) in [5.74, 6) is 0.647. The molecule has 6 nitrogen and oxygen atoms in total. The summed E-state index contributed by atoms with van der Waals surface area (Å²) >= 11 is 0. The molecule has 2 heterocycles. The number of benzene rings is 1. The van der Waals surface area contributed by atoms with Crippen molar-refractivity contribution in [3.8, 4) is 0 Å². The molecular weight excluding hydrogens is 392 g/mol. The van der Waals surface area contributed by atoms with Crippen molar-refractivity contribution in [2.75, 3.05) is 11.9 Å². The standard InChI is InChI=1S/C23H32N4O2Si/c1-23(2,3)21(28)18-15-27(16-29-12-13-30(4,5)6)22-20(18)26-19(14-24-22)25-17-10-8-7-9-11-17/h7-11,14-15H,12-13,16H2,1-6H3,(H,25,26). The Hall–Kier alpha value is -2.51. The van der Waals surface area contributed by atoms with E-state index in [0.29, 0.717) is 35.9 Å². The summed E-state index contributed by atoms with van der Waals surface area (Å²) in [4.78, 5) is 22.4. The van der Waals surface area contributed by atoms with Crippen LogP contribution in [0.5, 0.6) is 0 Å². The average molecular weight is 425 g/mol. The zero-order valence-corrected chi connectivity index (χ0v) is 19.8. The second-order valence-corrected chi connectivity index (χ2v) is 15.5. The lowest BCUT2D eigenvalue weighted by Crippen LogP contribution is -2.22. The van der Waals surface area contributed by atoms with Crippen molar-refractivity contribution in [3.63, 3.8) is 0 Å². The molecule has 3 rings (SSSR count). The molecule has 0 saturated carbocycles. The van der Waals surface area contributed by atoms with Gasteiger partial charge < -0.3 is 14.6 Å². The predicted octanol–water partition coefficient (Wildman–Crippen LogP) is 5.72. The van der Waals surface area contributed by atoms with Gasteiger partial charge in [0, 0.05) is 32.0 Å². The van der Waals surface area contributed by atoms with Crippen LogP contribution < -0.4 is 5.32 Å². The normalized spacial score (nSPS) is 12.3. The minimum atomic E-state index is -1.16. The van der Waals surface area contributed by atoms with Gasteiger partial charge in [-0.25, -0.2) is 9.97 Å². The summed E-state index contributed by atoms with van der Waals surface area (Å²) in [7, 11) is -1.16. The van der Waals surface area contributed by atoms with E-state index in [4.69, 9.17) is 9.72 Å².